The minimum absolute atomic E-state index is 0. The lowest BCUT2D eigenvalue weighted by molar-refractivity contribution is -0.117. The molecule has 2 heterocycles. The molecule has 1 atom stereocenters. The second-order valence-corrected chi connectivity index (χ2v) is 6.74. The van der Waals surface area contributed by atoms with Crippen LogP contribution in [0.2, 0.25) is 0 Å². The highest BCUT2D eigenvalue weighted by molar-refractivity contribution is 5.91. The molecule has 7 heteroatoms. The van der Waals surface area contributed by atoms with Crippen molar-refractivity contribution in [2.24, 2.45) is 0 Å². The van der Waals surface area contributed by atoms with E-state index in [1.54, 1.807) is 6.07 Å². The van der Waals surface area contributed by atoms with Crippen molar-refractivity contribution in [3.8, 4) is 0 Å². The fourth-order valence-electron chi connectivity index (χ4n) is 2.50. The summed E-state index contributed by atoms with van der Waals surface area (Å²) in [6, 6.07) is 2.27. The number of carbonyl (C=O) groups excluding carboxylic acids is 1. The Balaban J connectivity index is 0.00000242. The lowest BCUT2D eigenvalue weighted by atomic mass is 9.92. The zero-order valence-electron chi connectivity index (χ0n) is 13.8. The molecular weight excluding hydrogens is 304 g/mol. The van der Waals surface area contributed by atoms with Gasteiger partial charge in [-0.25, -0.2) is 0 Å². The molecule has 0 spiro atoms. The van der Waals surface area contributed by atoms with Crippen molar-refractivity contribution in [3.05, 3.63) is 11.8 Å². The molecule has 126 valence electrons. The number of piperidine rings is 1. The standard InChI is InChI=1S/C15H26N4O2.ClH/c1-15(2,3)12-8-14(21-18-12)17-13(20)10-19-7-5-6-11(9-19)16-4;/h8,11,16H,5-7,9-10H2,1-4H3,(H,17,20);1H. The Morgan fingerprint density at radius 2 is 2.23 bits per heavy atom. The topological polar surface area (TPSA) is 70.4 Å². The second-order valence-electron chi connectivity index (χ2n) is 6.74. The number of hydrogen-bond acceptors (Lipinski definition) is 5. The van der Waals surface area contributed by atoms with Crippen LogP contribution in [0.15, 0.2) is 10.6 Å². The van der Waals surface area contributed by atoms with Crippen molar-refractivity contribution >= 4 is 24.2 Å². The predicted molar refractivity (Wildman–Crippen MR) is 89.6 cm³/mol. The van der Waals surface area contributed by atoms with Gasteiger partial charge in [0.2, 0.25) is 11.8 Å². The summed E-state index contributed by atoms with van der Waals surface area (Å²) in [6.07, 6.45) is 2.29. The largest absolute Gasteiger partial charge is 0.338 e. The van der Waals surface area contributed by atoms with Crippen LogP contribution in [0.1, 0.15) is 39.3 Å². The fraction of sp³-hybridized carbons (Fsp3) is 0.733. The quantitative estimate of drug-likeness (QED) is 0.883. The van der Waals surface area contributed by atoms with Gasteiger partial charge in [0, 0.05) is 24.1 Å². The molecule has 1 aromatic heterocycles. The Hall–Kier alpha value is -1.11. The predicted octanol–water partition coefficient (Wildman–Crippen LogP) is 2.02. The number of rotatable bonds is 4. The van der Waals surface area contributed by atoms with E-state index in [9.17, 15) is 4.79 Å². The van der Waals surface area contributed by atoms with Gasteiger partial charge in [0.05, 0.1) is 12.2 Å². The smallest absolute Gasteiger partial charge is 0.240 e. The Morgan fingerprint density at radius 3 is 2.82 bits per heavy atom. The number of hydrogen-bond donors (Lipinski definition) is 2. The maximum Gasteiger partial charge on any atom is 0.240 e. The molecule has 1 aliphatic heterocycles. The van der Waals surface area contributed by atoms with E-state index < -0.39 is 0 Å². The zero-order valence-corrected chi connectivity index (χ0v) is 14.6. The molecule has 1 amide bonds. The van der Waals surface area contributed by atoms with Crippen molar-refractivity contribution in [2.45, 2.75) is 45.1 Å². The maximum absolute atomic E-state index is 12.1. The van der Waals surface area contributed by atoms with Crippen molar-refractivity contribution in [1.82, 2.24) is 15.4 Å². The highest BCUT2D eigenvalue weighted by Gasteiger charge is 2.22. The van der Waals surface area contributed by atoms with Gasteiger partial charge >= 0.3 is 0 Å². The molecule has 6 nitrogen and oxygen atoms in total. The molecule has 0 bridgehead atoms. The van der Waals surface area contributed by atoms with Crippen LogP contribution in [0.5, 0.6) is 0 Å². The summed E-state index contributed by atoms with van der Waals surface area (Å²) in [4.78, 5) is 14.2. The van der Waals surface area contributed by atoms with Gasteiger partial charge in [-0.3, -0.25) is 15.0 Å². The molecule has 0 aromatic carbocycles. The number of halogens is 1. The summed E-state index contributed by atoms with van der Waals surface area (Å²) in [6.45, 7) is 8.44. The summed E-state index contributed by atoms with van der Waals surface area (Å²) in [5.74, 6) is 0.371. The van der Waals surface area contributed by atoms with Crippen molar-refractivity contribution in [2.75, 3.05) is 32.0 Å². The SMILES string of the molecule is CNC1CCCN(CC(=O)Nc2cc(C(C)(C)C)no2)C1.Cl. The maximum atomic E-state index is 12.1. The Morgan fingerprint density at radius 1 is 1.50 bits per heavy atom. The molecule has 1 fully saturated rings. The van der Waals surface area contributed by atoms with E-state index in [2.05, 4.69) is 41.5 Å². The fourth-order valence-corrected chi connectivity index (χ4v) is 2.50. The summed E-state index contributed by atoms with van der Waals surface area (Å²) in [7, 11) is 1.97. The molecule has 0 radical (unpaired) electrons. The third kappa shape index (κ3) is 5.26. The monoisotopic (exact) mass is 330 g/mol. The first kappa shape index (κ1) is 18.9. The van der Waals surface area contributed by atoms with Gasteiger partial charge < -0.3 is 9.84 Å². The van der Waals surface area contributed by atoms with E-state index in [1.807, 2.05) is 7.05 Å². The van der Waals surface area contributed by atoms with E-state index in [1.165, 1.54) is 6.42 Å². The van der Waals surface area contributed by atoms with Crippen LogP contribution in [0.3, 0.4) is 0 Å². The van der Waals surface area contributed by atoms with E-state index in [0.717, 1.165) is 25.2 Å². The molecule has 0 aliphatic carbocycles. The van der Waals surface area contributed by atoms with Crippen LogP contribution in [0.4, 0.5) is 5.88 Å². The van der Waals surface area contributed by atoms with Gasteiger partial charge in [0.15, 0.2) is 0 Å². The summed E-state index contributed by atoms with van der Waals surface area (Å²) in [5.41, 5.74) is 0.755. The van der Waals surface area contributed by atoms with Gasteiger partial charge in [-0.15, -0.1) is 12.4 Å². The average molecular weight is 331 g/mol. The lowest BCUT2D eigenvalue weighted by Crippen LogP contribution is -2.46. The van der Waals surface area contributed by atoms with Gasteiger partial charge in [-0.1, -0.05) is 25.9 Å². The third-order valence-electron chi connectivity index (χ3n) is 3.82. The number of nitrogens with one attached hydrogen (secondary N) is 2. The minimum atomic E-state index is -0.0840. The number of anilines is 1. The third-order valence-corrected chi connectivity index (χ3v) is 3.82. The Kier molecular flexibility index (Phi) is 6.84. The Labute approximate surface area is 138 Å². The van der Waals surface area contributed by atoms with Gasteiger partial charge in [0.1, 0.15) is 0 Å². The molecule has 0 saturated carbocycles. The zero-order chi connectivity index (χ0) is 15.5. The van der Waals surface area contributed by atoms with Crippen LogP contribution in [0, 0.1) is 0 Å². The van der Waals surface area contributed by atoms with E-state index >= 15 is 0 Å². The number of aromatic nitrogens is 1. The Bertz CT molecular complexity index is 484. The minimum Gasteiger partial charge on any atom is -0.338 e. The molecule has 1 unspecified atom stereocenters. The molecule has 1 aliphatic rings. The second kappa shape index (κ2) is 7.94. The first-order valence-electron chi connectivity index (χ1n) is 7.55. The van der Waals surface area contributed by atoms with Crippen molar-refractivity contribution < 1.29 is 9.32 Å². The number of likely N-dealkylation sites (N-methyl/N-ethyl adjacent to an activating group) is 1. The van der Waals surface area contributed by atoms with Crippen LogP contribution >= 0.6 is 12.4 Å². The number of nitrogens with zero attached hydrogens (tertiary/aromatic N) is 2. The van der Waals surface area contributed by atoms with Gasteiger partial charge in [-0.2, -0.15) is 0 Å². The summed E-state index contributed by atoms with van der Waals surface area (Å²) in [5, 5.41) is 10.1. The van der Waals surface area contributed by atoms with Crippen LogP contribution in [-0.2, 0) is 10.2 Å². The highest BCUT2D eigenvalue weighted by atomic mass is 35.5. The van der Waals surface area contributed by atoms with E-state index in [0.29, 0.717) is 18.5 Å². The summed E-state index contributed by atoms with van der Waals surface area (Å²) < 4.78 is 5.18. The molecule has 22 heavy (non-hydrogen) atoms. The van der Waals surface area contributed by atoms with Crippen molar-refractivity contribution in [1.29, 1.82) is 0 Å². The number of likely N-dealkylation sites (tertiary alicyclic amines) is 1. The summed E-state index contributed by atoms with van der Waals surface area (Å²) >= 11 is 0. The van der Waals surface area contributed by atoms with E-state index in [4.69, 9.17) is 4.52 Å². The van der Waals surface area contributed by atoms with Crippen LogP contribution in [0.25, 0.3) is 0 Å². The molecular formula is C15H27ClN4O2. The van der Waals surface area contributed by atoms with E-state index in [-0.39, 0.29) is 23.7 Å². The first-order chi connectivity index (χ1) is 9.88. The first-order valence-corrected chi connectivity index (χ1v) is 7.55. The molecule has 1 saturated heterocycles. The van der Waals surface area contributed by atoms with Crippen LogP contribution < -0.4 is 10.6 Å². The average Bonchev–Trinajstić information content (AvgIpc) is 2.87. The normalized spacial score (nSPS) is 19.5. The molecule has 2 rings (SSSR count). The van der Waals surface area contributed by atoms with Gasteiger partial charge in [0.25, 0.3) is 0 Å². The molecule has 1 aromatic rings. The van der Waals surface area contributed by atoms with Crippen LogP contribution in [-0.4, -0.2) is 48.7 Å². The van der Waals surface area contributed by atoms with Gasteiger partial charge in [-0.05, 0) is 26.4 Å². The lowest BCUT2D eigenvalue weighted by Gasteiger charge is -2.31. The number of amides is 1. The highest BCUT2D eigenvalue weighted by Crippen LogP contribution is 2.23. The molecule has 2 N–H and O–H groups in total. The number of carbonyl (C=O) groups is 1. The van der Waals surface area contributed by atoms with Crippen molar-refractivity contribution in [3.63, 3.8) is 0 Å².